The molecule has 4 aromatic rings. The predicted octanol–water partition coefficient (Wildman–Crippen LogP) is 2.54. The molecule has 0 bridgehead atoms. The molecule has 0 radical (unpaired) electrons. The Balaban J connectivity index is 1.10. The molecule has 0 fully saturated rings. The van der Waals surface area contributed by atoms with E-state index >= 15 is 0 Å². The van der Waals surface area contributed by atoms with Crippen LogP contribution < -0.4 is 26.3 Å². The van der Waals surface area contributed by atoms with Gasteiger partial charge in [-0.15, -0.1) is 0 Å². The van der Waals surface area contributed by atoms with Gasteiger partial charge in [-0.3, -0.25) is 4.79 Å². The van der Waals surface area contributed by atoms with Crippen molar-refractivity contribution in [1.29, 1.82) is 0 Å². The summed E-state index contributed by atoms with van der Waals surface area (Å²) in [5.41, 5.74) is 13.0. The average Bonchev–Trinajstić information content (AvgIpc) is 2.82. The van der Waals surface area contributed by atoms with E-state index in [4.69, 9.17) is 25.7 Å². The topological polar surface area (TPSA) is 135 Å². The van der Waals surface area contributed by atoms with E-state index in [0.717, 1.165) is 27.6 Å². The molecule has 33 heavy (non-hydrogen) atoms. The van der Waals surface area contributed by atoms with E-state index in [-0.39, 0.29) is 12.5 Å². The zero-order chi connectivity index (χ0) is 23.0. The van der Waals surface area contributed by atoms with Gasteiger partial charge in [0.05, 0.1) is 24.2 Å². The van der Waals surface area contributed by atoms with Gasteiger partial charge >= 0.3 is 0 Å². The molecule has 0 aliphatic heterocycles. The highest BCUT2D eigenvalue weighted by Crippen LogP contribution is 2.21. The maximum atomic E-state index is 12.0. The van der Waals surface area contributed by atoms with Crippen LogP contribution in [0.15, 0.2) is 60.7 Å². The first-order valence-electron chi connectivity index (χ1n) is 10.5. The van der Waals surface area contributed by atoms with E-state index in [1.165, 1.54) is 0 Å². The highest BCUT2D eigenvalue weighted by Gasteiger charge is 2.04. The normalized spacial score (nSPS) is 10.9. The minimum atomic E-state index is -0.226. The van der Waals surface area contributed by atoms with Crippen LogP contribution in [0.2, 0.25) is 0 Å². The summed E-state index contributed by atoms with van der Waals surface area (Å²) in [5.74, 6) is 2.04. The predicted molar refractivity (Wildman–Crippen MR) is 127 cm³/mol. The lowest BCUT2D eigenvalue weighted by molar-refractivity contribution is -0.123. The number of amides is 1. The number of nitrogens with two attached hydrogens (primary N) is 2. The lowest BCUT2D eigenvalue weighted by Crippen LogP contribution is -2.32. The van der Waals surface area contributed by atoms with Crippen LogP contribution in [0.3, 0.4) is 0 Å². The van der Waals surface area contributed by atoms with E-state index in [2.05, 4.69) is 15.3 Å². The number of hydrogen-bond donors (Lipinski definition) is 3. The Hall–Kier alpha value is -4.11. The molecule has 5 N–H and O–H groups in total. The highest BCUT2D eigenvalue weighted by atomic mass is 16.5. The Morgan fingerprint density at radius 3 is 2.00 bits per heavy atom. The number of benzene rings is 2. The molecular weight excluding hydrogens is 422 g/mol. The minimum absolute atomic E-state index is 0.0838. The van der Waals surface area contributed by atoms with Crippen LogP contribution in [-0.2, 0) is 9.53 Å². The summed E-state index contributed by atoms with van der Waals surface area (Å²) in [5, 5.41) is 4.60. The van der Waals surface area contributed by atoms with Crippen LogP contribution in [0.25, 0.3) is 21.8 Å². The van der Waals surface area contributed by atoms with Crippen molar-refractivity contribution < 1.29 is 19.0 Å². The maximum absolute atomic E-state index is 12.0. The molecule has 0 aliphatic carbocycles. The standard InChI is InChI=1S/C24H25N5O4/c25-22-7-1-16-13-18(3-5-20(16)28-22)32-12-11-31-10-9-27-24(30)15-33-19-4-6-21-17(14-19)2-8-23(26)29-21/h1-8,13-14H,9-12,15H2,(H2,25,28)(H2,26,29)(H,27,30). The average molecular weight is 447 g/mol. The third kappa shape index (κ3) is 6.20. The van der Waals surface area contributed by atoms with Gasteiger partial charge in [0.1, 0.15) is 29.7 Å². The second-order valence-electron chi connectivity index (χ2n) is 7.28. The molecule has 0 unspecified atom stereocenters. The van der Waals surface area contributed by atoms with Gasteiger partial charge in [0.25, 0.3) is 5.91 Å². The van der Waals surface area contributed by atoms with Crippen LogP contribution in [-0.4, -0.2) is 48.8 Å². The van der Waals surface area contributed by atoms with Crippen molar-refractivity contribution in [2.24, 2.45) is 0 Å². The number of fused-ring (bicyclic) bond motifs is 2. The number of carbonyl (C=O) groups is 1. The van der Waals surface area contributed by atoms with Gasteiger partial charge in [-0.2, -0.15) is 0 Å². The molecule has 4 rings (SSSR count). The number of ether oxygens (including phenoxy) is 3. The highest BCUT2D eigenvalue weighted by molar-refractivity contribution is 5.82. The van der Waals surface area contributed by atoms with E-state index in [1.54, 1.807) is 24.3 Å². The van der Waals surface area contributed by atoms with Crippen molar-refractivity contribution in [1.82, 2.24) is 15.3 Å². The summed E-state index contributed by atoms with van der Waals surface area (Å²) in [6.45, 7) is 1.47. The number of aromatic nitrogens is 2. The summed E-state index contributed by atoms with van der Waals surface area (Å²) in [6, 6.07) is 18.2. The van der Waals surface area contributed by atoms with Gasteiger partial charge in [-0.25, -0.2) is 9.97 Å². The Labute approximate surface area is 190 Å². The summed E-state index contributed by atoms with van der Waals surface area (Å²) in [7, 11) is 0. The fourth-order valence-electron chi connectivity index (χ4n) is 3.20. The molecule has 2 aromatic heterocycles. The van der Waals surface area contributed by atoms with Crippen LogP contribution in [0.1, 0.15) is 0 Å². The monoisotopic (exact) mass is 447 g/mol. The van der Waals surface area contributed by atoms with Crippen LogP contribution in [0, 0.1) is 0 Å². The number of pyridine rings is 2. The van der Waals surface area contributed by atoms with Crippen molar-refractivity contribution in [3.8, 4) is 11.5 Å². The second kappa shape index (κ2) is 10.5. The third-order valence-electron chi connectivity index (χ3n) is 4.80. The first kappa shape index (κ1) is 22.1. The summed E-state index contributed by atoms with van der Waals surface area (Å²) in [4.78, 5) is 20.5. The molecule has 0 saturated heterocycles. The molecule has 0 saturated carbocycles. The van der Waals surface area contributed by atoms with E-state index < -0.39 is 0 Å². The largest absolute Gasteiger partial charge is 0.491 e. The number of nitrogens with zero attached hydrogens (tertiary/aromatic N) is 2. The number of hydrogen-bond acceptors (Lipinski definition) is 8. The Morgan fingerprint density at radius 1 is 0.758 bits per heavy atom. The molecule has 9 nitrogen and oxygen atoms in total. The molecule has 2 aromatic carbocycles. The Bertz CT molecular complexity index is 1260. The van der Waals surface area contributed by atoms with Gasteiger partial charge in [0.15, 0.2) is 6.61 Å². The summed E-state index contributed by atoms with van der Waals surface area (Å²) in [6.07, 6.45) is 0. The SMILES string of the molecule is Nc1ccc2cc(OCCOCCNC(=O)COc3ccc4nc(N)ccc4c3)ccc2n1. The van der Waals surface area contributed by atoms with Crippen LogP contribution in [0.4, 0.5) is 11.6 Å². The number of nitrogens with one attached hydrogen (secondary N) is 1. The molecule has 0 atom stereocenters. The van der Waals surface area contributed by atoms with Gasteiger partial charge in [-0.05, 0) is 60.7 Å². The molecule has 9 heteroatoms. The number of carbonyl (C=O) groups excluding carboxylic acids is 1. The van der Waals surface area contributed by atoms with Crippen molar-refractivity contribution in [3.63, 3.8) is 0 Å². The Kier molecular flexibility index (Phi) is 7.01. The van der Waals surface area contributed by atoms with Crippen molar-refractivity contribution in [2.45, 2.75) is 0 Å². The number of nitrogen functional groups attached to an aromatic ring is 2. The van der Waals surface area contributed by atoms with Crippen molar-refractivity contribution in [2.75, 3.05) is 44.4 Å². The number of anilines is 2. The van der Waals surface area contributed by atoms with E-state index in [0.29, 0.717) is 43.8 Å². The quantitative estimate of drug-likeness (QED) is 0.316. The molecule has 170 valence electrons. The van der Waals surface area contributed by atoms with Crippen molar-refractivity contribution in [3.05, 3.63) is 60.7 Å². The molecule has 0 aliphatic rings. The second-order valence-corrected chi connectivity index (χ2v) is 7.28. The fourth-order valence-corrected chi connectivity index (χ4v) is 3.20. The minimum Gasteiger partial charge on any atom is -0.491 e. The summed E-state index contributed by atoms with van der Waals surface area (Å²) < 4.78 is 16.7. The number of rotatable bonds is 10. The van der Waals surface area contributed by atoms with Crippen molar-refractivity contribution >= 4 is 39.3 Å². The van der Waals surface area contributed by atoms with Gasteiger partial charge in [0, 0.05) is 17.3 Å². The summed E-state index contributed by atoms with van der Waals surface area (Å²) >= 11 is 0. The smallest absolute Gasteiger partial charge is 0.258 e. The maximum Gasteiger partial charge on any atom is 0.258 e. The fraction of sp³-hybridized carbons (Fsp3) is 0.208. The molecule has 2 heterocycles. The first-order valence-corrected chi connectivity index (χ1v) is 10.5. The Morgan fingerprint density at radius 2 is 1.36 bits per heavy atom. The van der Waals surface area contributed by atoms with Crippen LogP contribution in [0.5, 0.6) is 11.5 Å². The van der Waals surface area contributed by atoms with Gasteiger partial charge in [0.2, 0.25) is 0 Å². The lowest BCUT2D eigenvalue weighted by Gasteiger charge is -2.10. The molecular formula is C24H25N5O4. The lowest BCUT2D eigenvalue weighted by atomic mass is 10.2. The zero-order valence-corrected chi connectivity index (χ0v) is 18.0. The van der Waals surface area contributed by atoms with Gasteiger partial charge < -0.3 is 31.0 Å². The third-order valence-corrected chi connectivity index (χ3v) is 4.80. The van der Waals surface area contributed by atoms with E-state index in [1.807, 2.05) is 36.4 Å². The molecule has 1 amide bonds. The van der Waals surface area contributed by atoms with E-state index in [9.17, 15) is 4.79 Å². The van der Waals surface area contributed by atoms with Gasteiger partial charge in [-0.1, -0.05) is 0 Å². The zero-order valence-electron chi connectivity index (χ0n) is 18.0. The van der Waals surface area contributed by atoms with Crippen LogP contribution >= 0.6 is 0 Å². The molecule has 0 spiro atoms. The first-order chi connectivity index (χ1) is 16.1.